The Balaban J connectivity index is 1.30. The van der Waals surface area contributed by atoms with Gasteiger partial charge in [0.2, 0.25) is 0 Å². The SMILES string of the molecule is C=C[C@@]12CCc3cc(NS(=O)(=O)O)ccc3[C@H]1[C@@H](CCCCCCCN1CCCCC1)C[C@@]1(C)[C@H]2CC[C@@H]1O. The van der Waals surface area contributed by atoms with Crippen LogP contribution in [-0.4, -0.2) is 48.7 Å². The third kappa shape index (κ3) is 5.98. The molecule has 39 heavy (non-hydrogen) atoms. The maximum atomic E-state index is 11.4. The van der Waals surface area contributed by atoms with Crippen LogP contribution in [0.2, 0.25) is 0 Å². The maximum Gasteiger partial charge on any atom is 0.357 e. The molecule has 3 fully saturated rings. The summed E-state index contributed by atoms with van der Waals surface area (Å²) in [5, 5.41) is 11.2. The first kappa shape index (κ1) is 29.1. The van der Waals surface area contributed by atoms with Crippen LogP contribution in [0.3, 0.4) is 0 Å². The quantitative estimate of drug-likeness (QED) is 0.159. The molecule has 7 heteroatoms. The largest absolute Gasteiger partial charge is 0.393 e. The lowest BCUT2D eigenvalue weighted by atomic mass is 9.44. The van der Waals surface area contributed by atoms with Crippen LogP contribution >= 0.6 is 0 Å². The van der Waals surface area contributed by atoms with E-state index in [1.54, 1.807) is 6.07 Å². The Kier molecular flexibility index (Phi) is 8.83. The Morgan fingerprint density at radius 3 is 2.59 bits per heavy atom. The van der Waals surface area contributed by atoms with Crippen LogP contribution in [0.5, 0.6) is 0 Å². The van der Waals surface area contributed by atoms with E-state index in [0.717, 1.165) is 38.5 Å². The average molecular weight is 559 g/mol. The number of likely N-dealkylation sites (tertiary alicyclic amines) is 1. The summed E-state index contributed by atoms with van der Waals surface area (Å²) < 4.78 is 34.4. The van der Waals surface area contributed by atoms with Gasteiger partial charge in [0, 0.05) is 0 Å². The standard InChI is InChI=1S/C32H50N2O4S/c1-3-32-18-17-24-22-26(33-39(36,37)38)13-14-27(24)30(32)25(23-31(2)28(32)15-16-29(31)35)12-8-5-4-6-9-19-34-20-10-7-11-21-34/h3,13-14,22,25,28-30,33,35H,1,4-12,15-21,23H2,2H3,(H,36,37,38)/t25-,28+,29-,30+,31-,32-/m0/s1. The van der Waals surface area contributed by atoms with Gasteiger partial charge >= 0.3 is 10.3 Å². The number of rotatable bonds is 11. The van der Waals surface area contributed by atoms with Crippen LogP contribution in [0.1, 0.15) is 107 Å². The van der Waals surface area contributed by atoms with E-state index in [4.69, 9.17) is 0 Å². The van der Waals surface area contributed by atoms with Crippen molar-refractivity contribution in [3.63, 3.8) is 0 Å². The number of anilines is 1. The highest BCUT2D eigenvalue weighted by molar-refractivity contribution is 7.87. The van der Waals surface area contributed by atoms with Crippen LogP contribution in [0.25, 0.3) is 0 Å². The number of benzene rings is 1. The fraction of sp³-hybridized carbons (Fsp3) is 0.750. The number of piperidine rings is 1. The molecule has 0 aromatic heterocycles. The predicted octanol–water partition coefficient (Wildman–Crippen LogP) is 6.73. The van der Waals surface area contributed by atoms with Crippen molar-refractivity contribution in [1.29, 1.82) is 0 Å². The first-order valence-corrected chi connectivity index (χ1v) is 17.0. The molecule has 1 aromatic rings. The van der Waals surface area contributed by atoms with Crippen LogP contribution in [0.15, 0.2) is 30.9 Å². The Labute approximate surface area is 236 Å². The van der Waals surface area contributed by atoms with Gasteiger partial charge in [0.1, 0.15) is 0 Å². The molecular formula is C32H50N2O4S. The van der Waals surface area contributed by atoms with Crippen LogP contribution < -0.4 is 4.72 Å². The third-order valence-corrected chi connectivity index (χ3v) is 11.6. The van der Waals surface area contributed by atoms with Gasteiger partial charge in [0.05, 0.1) is 11.8 Å². The van der Waals surface area contributed by atoms with Gasteiger partial charge in [-0.15, -0.1) is 6.58 Å². The second-order valence-corrected chi connectivity index (χ2v) is 14.5. The Morgan fingerprint density at radius 2 is 1.85 bits per heavy atom. The number of unbranched alkanes of at least 4 members (excludes halogenated alkanes) is 4. The van der Waals surface area contributed by atoms with Crippen LogP contribution in [-0.2, 0) is 16.7 Å². The van der Waals surface area contributed by atoms with E-state index in [0.29, 0.717) is 23.4 Å². The first-order valence-electron chi connectivity index (χ1n) is 15.6. The molecule has 1 aromatic carbocycles. The van der Waals surface area contributed by atoms with Crippen molar-refractivity contribution >= 4 is 16.0 Å². The van der Waals surface area contributed by atoms with E-state index in [1.165, 1.54) is 82.1 Å². The molecule has 3 N–H and O–H groups in total. The van der Waals surface area contributed by atoms with Crippen molar-refractivity contribution in [1.82, 2.24) is 4.90 Å². The molecule has 1 heterocycles. The van der Waals surface area contributed by atoms with Crippen molar-refractivity contribution in [2.24, 2.45) is 22.7 Å². The van der Waals surface area contributed by atoms with E-state index in [1.807, 2.05) is 6.07 Å². The minimum Gasteiger partial charge on any atom is -0.393 e. The van der Waals surface area contributed by atoms with E-state index >= 15 is 0 Å². The molecule has 4 aliphatic rings. The first-order chi connectivity index (χ1) is 18.7. The van der Waals surface area contributed by atoms with Gasteiger partial charge in [0.25, 0.3) is 0 Å². The second kappa shape index (κ2) is 11.8. The molecule has 6 nitrogen and oxygen atoms in total. The molecule has 0 unspecified atom stereocenters. The van der Waals surface area contributed by atoms with Gasteiger partial charge in [0.15, 0.2) is 0 Å². The Bertz CT molecular complexity index is 1120. The number of allylic oxidation sites excluding steroid dienone is 1. The van der Waals surface area contributed by atoms with Gasteiger partial charge in [-0.3, -0.25) is 9.27 Å². The number of nitrogens with one attached hydrogen (secondary N) is 1. The highest BCUT2D eigenvalue weighted by Crippen LogP contribution is 2.69. The Morgan fingerprint density at radius 1 is 1.10 bits per heavy atom. The molecule has 0 radical (unpaired) electrons. The summed E-state index contributed by atoms with van der Waals surface area (Å²) in [5.74, 6) is 1.21. The molecule has 6 atom stereocenters. The lowest BCUT2D eigenvalue weighted by Gasteiger charge is -2.60. The van der Waals surface area contributed by atoms with E-state index in [9.17, 15) is 18.1 Å². The second-order valence-electron chi connectivity index (χ2n) is 13.4. The zero-order valence-corrected chi connectivity index (χ0v) is 24.7. The van der Waals surface area contributed by atoms with Crippen molar-refractivity contribution in [2.75, 3.05) is 24.4 Å². The van der Waals surface area contributed by atoms with Gasteiger partial charge in [-0.1, -0.05) is 51.2 Å². The normalized spacial score (nSPS) is 34.6. The fourth-order valence-corrected chi connectivity index (χ4v) is 9.80. The lowest BCUT2D eigenvalue weighted by Crippen LogP contribution is -2.54. The molecule has 3 aliphatic carbocycles. The maximum absolute atomic E-state index is 11.4. The summed E-state index contributed by atoms with van der Waals surface area (Å²) >= 11 is 0. The number of aliphatic hydroxyl groups is 1. The number of aliphatic hydroxyl groups excluding tert-OH is 1. The van der Waals surface area contributed by atoms with Crippen molar-refractivity contribution in [3.8, 4) is 0 Å². The van der Waals surface area contributed by atoms with Gasteiger partial charge in [-0.05, 0) is 129 Å². The van der Waals surface area contributed by atoms with E-state index in [-0.39, 0.29) is 16.9 Å². The lowest BCUT2D eigenvalue weighted by molar-refractivity contribution is -0.0812. The molecule has 2 saturated carbocycles. The summed E-state index contributed by atoms with van der Waals surface area (Å²) in [5.41, 5.74) is 2.79. The number of aryl methyl sites for hydroxylation is 1. The topological polar surface area (TPSA) is 89.9 Å². The summed E-state index contributed by atoms with van der Waals surface area (Å²) in [6.07, 6.45) is 18.4. The summed E-state index contributed by atoms with van der Waals surface area (Å²) in [6, 6.07) is 5.79. The number of hydrogen-bond acceptors (Lipinski definition) is 4. The molecule has 0 spiro atoms. The third-order valence-electron chi connectivity index (χ3n) is 11.1. The summed E-state index contributed by atoms with van der Waals surface area (Å²) in [4.78, 5) is 2.64. The smallest absolute Gasteiger partial charge is 0.357 e. The molecule has 0 amide bonds. The van der Waals surface area contributed by atoms with Crippen molar-refractivity contribution in [2.45, 2.75) is 109 Å². The number of hydrogen-bond donors (Lipinski definition) is 3. The van der Waals surface area contributed by atoms with Crippen LogP contribution in [0, 0.1) is 22.7 Å². The summed E-state index contributed by atoms with van der Waals surface area (Å²) in [6.45, 7) is 10.6. The zero-order chi connectivity index (χ0) is 27.7. The Hall–Kier alpha value is -1.41. The minimum atomic E-state index is -4.31. The number of nitrogens with zero attached hydrogens (tertiary/aromatic N) is 1. The molecule has 0 bridgehead atoms. The van der Waals surface area contributed by atoms with Gasteiger partial charge in [-0.2, -0.15) is 8.42 Å². The molecular weight excluding hydrogens is 508 g/mol. The minimum absolute atomic E-state index is 0.0470. The molecule has 218 valence electrons. The van der Waals surface area contributed by atoms with E-state index < -0.39 is 10.3 Å². The molecule has 1 aliphatic heterocycles. The number of fused-ring (bicyclic) bond motifs is 5. The summed E-state index contributed by atoms with van der Waals surface area (Å²) in [7, 11) is -4.31. The van der Waals surface area contributed by atoms with Gasteiger partial charge < -0.3 is 10.0 Å². The highest BCUT2D eigenvalue weighted by Gasteiger charge is 2.63. The molecule has 5 rings (SSSR count). The van der Waals surface area contributed by atoms with E-state index in [2.05, 4.69) is 35.3 Å². The zero-order valence-electron chi connectivity index (χ0n) is 23.9. The monoisotopic (exact) mass is 558 g/mol. The predicted molar refractivity (Wildman–Crippen MR) is 158 cm³/mol. The molecule has 1 saturated heterocycles. The van der Waals surface area contributed by atoms with Crippen molar-refractivity contribution < 1.29 is 18.1 Å². The van der Waals surface area contributed by atoms with Crippen molar-refractivity contribution in [3.05, 3.63) is 42.0 Å². The fourth-order valence-electron chi connectivity index (χ4n) is 9.37. The highest BCUT2D eigenvalue weighted by atomic mass is 32.2. The van der Waals surface area contributed by atoms with Crippen LogP contribution in [0.4, 0.5) is 5.69 Å². The average Bonchev–Trinajstić information content (AvgIpc) is 3.21. The van der Waals surface area contributed by atoms with Gasteiger partial charge in [-0.25, -0.2) is 0 Å².